The Morgan fingerprint density at radius 1 is 1.67 bits per heavy atom. The predicted octanol–water partition coefficient (Wildman–Crippen LogP) is 1.46. The molecule has 50 valence electrons. The van der Waals surface area contributed by atoms with Crippen LogP contribution < -0.4 is 0 Å². The lowest BCUT2D eigenvalue weighted by Crippen LogP contribution is -2.08. The number of hydrazone groups is 1. The average Bonchev–Trinajstić information content (AvgIpc) is 1.98. The van der Waals surface area contributed by atoms with Gasteiger partial charge in [0.1, 0.15) is 0 Å². The van der Waals surface area contributed by atoms with Crippen LogP contribution in [-0.4, -0.2) is 17.8 Å². The molecule has 9 heavy (non-hydrogen) atoms. The maximum absolute atomic E-state index is 4.20. The quantitative estimate of drug-likeness (QED) is 0.477. The molecule has 0 aromatic carbocycles. The van der Waals surface area contributed by atoms with Gasteiger partial charge in [0.2, 0.25) is 0 Å². The zero-order valence-corrected chi connectivity index (χ0v) is 6.18. The molecule has 0 aromatic rings. The lowest BCUT2D eigenvalue weighted by atomic mass is 10.1. The highest BCUT2D eigenvalue weighted by Gasteiger charge is 2.19. The van der Waals surface area contributed by atoms with Crippen molar-refractivity contribution < 1.29 is 0 Å². The zero-order chi connectivity index (χ0) is 7.02. The number of hydrogen-bond donors (Lipinski definition) is 0. The maximum atomic E-state index is 4.20. The van der Waals surface area contributed by atoms with Crippen LogP contribution in [0.2, 0.25) is 0 Å². The van der Waals surface area contributed by atoms with Crippen LogP contribution in [0.15, 0.2) is 17.4 Å². The summed E-state index contributed by atoms with van der Waals surface area (Å²) in [6.45, 7) is 8.02. The highest BCUT2D eigenvalue weighted by Crippen LogP contribution is 2.20. The fourth-order valence-electron chi connectivity index (χ4n) is 0.909. The molecular weight excluding hydrogens is 112 g/mol. The van der Waals surface area contributed by atoms with Crippen molar-refractivity contribution in [3.05, 3.63) is 12.3 Å². The summed E-state index contributed by atoms with van der Waals surface area (Å²) in [5.41, 5.74) is 2.25. The van der Waals surface area contributed by atoms with Crippen molar-refractivity contribution in [2.45, 2.75) is 13.8 Å². The fourth-order valence-corrected chi connectivity index (χ4v) is 0.909. The lowest BCUT2D eigenvalue weighted by molar-refractivity contribution is 0.451. The molecule has 0 saturated carbocycles. The van der Waals surface area contributed by atoms with Gasteiger partial charge in [0.25, 0.3) is 0 Å². The van der Waals surface area contributed by atoms with Crippen LogP contribution in [-0.2, 0) is 0 Å². The highest BCUT2D eigenvalue weighted by atomic mass is 15.5. The van der Waals surface area contributed by atoms with E-state index in [-0.39, 0.29) is 0 Å². The fraction of sp³-hybridized carbons (Fsp3) is 0.571. The third-order valence-corrected chi connectivity index (χ3v) is 1.85. The zero-order valence-electron chi connectivity index (χ0n) is 6.18. The first-order valence-electron chi connectivity index (χ1n) is 3.10. The molecule has 0 N–H and O–H groups in total. The number of allylic oxidation sites excluding steroid dienone is 1. The molecule has 1 rings (SSSR count). The summed E-state index contributed by atoms with van der Waals surface area (Å²) in [6, 6.07) is 0. The van der Waals surface area contributed by atoms with Crippen molar-refractivity contribution >= 4 is 5.71 Å². The Kier molecular flexibility index (Phi) is 1.31. The summed E-state index contributed by atoms with van der Waals surface area (Å²) in [6.07, 6.45) is 0. The van der Waals surface area contributed by atoms with Gasteiger partial charge in [0, 0.05) is 24.4 Å². The summed E-state index contributed by atoms with van der Waals surface area (Å²) < 4.78 is 0. The molecule has 2 nitrogen and oxygen atoms in total. The second-order valence-electron chi connectivity index (χ2n) is 2.48. The molecule has 1 atom stereocenters. The van der Waals surface area contributed by atoms with Gasteiger partial charge in [-0.05, 0) is 6.92 Å². The molecule has 0 radical (unpaired) electrons. The molecule has 0 bridgehead atoms. The molecule has 0 saturated heterocycles. The standard InChI is InChI=1S/C7H12N2/c1-5-6(2)8-9(4)7(5)3/h5H,3H2,1-2,4H3. The third-order valence-electron chi connectivity index (χ3n) is 1.85. The predicted molar refractivity (Wildman–Crippen MR) is 39.2 cm³/mol. The molecule has 0 amide bonds. The molecule has 0 aliphatic carbocycles. The van der Waals surface area contributed by atoms with E-state index in [4.69, 9.17) is 0 Å². The van der Waals surface area contributed by atoms with Crippen molar-refractivity contribution in [2.75, 3.05) is 7.05 Å². The minimum Gasteiger partial charge on any atom is -0.273 e. The molecule has 0 fully saturated rings. The first-order valence-corrected chi connectivity index (χ1v) is 3.10. The van der Waals surface area contributed by atoms with E-state index in [9.17, 15) is 0 Å². The Labute approximate surface area is 55.9 Å². The average molecular weight is 124 g/mol. The van der Waals surface area contributed by atoms with Crippen LogP contribution in [0.5, 0.6) is 0 Å². The Morgan fingerprint density at radius 2 is 2.22 bits per heavy atom. The summed E-state index contributed by atoms with van der Waals surface area (Å²) >= 11 is 0. The van der Waals surface area contributed by atoms with Crippen LogP contribution in [0.4, 0.5) is 0 Å². The van der Waals surface area contributed by atoms with E-state index in [1.165, 1.54) is 0 Å². The van der Waals surface area contributed by atoms with Gasteiger partial charge in [-0.2, -0.15) is 5.10 Å². The monoisotopic (exact) mass is 124 g/mol. The Bertz CT molecular complexity index is 170. The van der Waals surface area contributed by atoms with E-state index in [1.807, 2.05) is 19.0 Å². The van der Waals surface area contributed by atoms with Crippen LogP contribution in [0, 0.1) is 5.92 Å². The van der Waals surface area contributed by atoms with Gasteiger partial charge in [-0.1, -0.05) is 13.5 Å². The highest BCUT2D eigenvalue weighted by molar-refractivity contribution is 5.87. The Hall–Kier alpha value is -0.790. The van der Waals surface area contributed by atoms with Crippen LogP contribution >= 0.6 is 0 Å². The second-order valence-corrected chi connectivity index (χ2v) is 2.48. The topological polar surface area (TPSA) is 15.6 Å². The van der Waals surface area contributed by atoms with E-state index >= 15 is 0 Å². The lowest BCUT2D eigenvalue weighted by Gasteiger charge is -2.09. The summed E-state index contributed by atoms with van der Waals surface area (Å²) in [5.74, 6) is 0.440. The first kappa shape index (κ1) is 6.33. The molecule has 1 unspecified atom stereocenters. The van der Waals surface area contributed by atoms with Crippen molar-refractivity contribution in [2.24, 2.45) is 11.0 Å². The first-order chi connectivity index (χ1) is 4.13. The van der Waals surface area contributed by atoms with Crippen LogP contribution in [0.25, 0.3) is 0 Å². The van der Waals surface area contributed by atoms with E-state index in [0.717, 1.165) is 11.4 Å². The Balaban J connectivity index is 2.82. The van der Waals surface area contributed by atoms with Gasteiger partial charge in [0.05, 0.1) is 0 Å². The van der Waals surface area contributed by atoms with Crippen molar-refractivity contribution in [3.8, 4) is 0 Å². The van der Waals surface area contributed by atoms with Crippen LogP contribution in [0.1, 0.15) is 13.8 Å². The van der Waals surface area contributed by atoms with Gasteiger partial charge in [-0.3, -0.25) is 5.01 Å². The summed E-state index contributed by atoms with van der Waals surface area (Å²) in [5, 5.41) is 6.03. The smallest absolute Gasteiger partial charge is 0.0441 e. The van der Waals surface area contributed by atoms with E-state index in [1.54, 1.807) is 0 Å². The molecular formula is C7H12N2. The largest absolute Gasteiger partial charge is 0.273 e. The molecule has 1 heterocycles. The normalized spacial score (nSPS) is 27.0. The number of hydrogen-bond acceptors (Lipinski definition) is 2. The minimum atomic E-state index is 0.440. The van der Waals surface area contributed by atoms with Crippen molar-refractivity contribution in [1.82, 2.24) is 5.01 Å². The van der Waals surface area contributed by atoms with Gasteiger partial charge in [-0.25, -0.2) is 0 Å². The van der Waals surface area contributed by atoms with Crippen LogP contribution in [0.3, 0.4) is 0 Å². The molecule has 1 aliphatic heterocycles. The number of rotatable bonds is 0. The summed E-state index contributed by atoms with van der Waals surface area (Å²) in [7, 11) is 1.93. The Morgan fingerprint density at radius 3 is 2.33 bits per heavy atom. The van der Waals surface area contributed by atoms with Gasteiger partial charge in [-0.15, -0.1) is 0 Å². The number of nitrogens with zero attached hydrogens (tertiary/aromatic N) is 2. The van der Waals surface area contributed by atoms with E-state index < -0.39 is 0 Å². The van der Waals surface area contributed by atoms with Gasteiger partial charge >= 0.3 is 0 Å². The minimum absolute atomic E-state index is 0.440. The molecule has 1 aliphatic rings. The molecule has 2 heteroatoms. The summed E-state index contributed by atoms with van der Waals surface area (Å²) in [4.78, 5) is 0. The third kappa shape index (κ3) is 0.846. The molecule has 0 aromatic heterocycles. The van der Waals surface area contributed by atoms with E-state index in [2.05, 4.69) is 18.6 Å². The van der Waals surface area contributed by atoms with E-state index in [0.29, 0.717) is 5.92 Å². The maximum Gasteiger partial charge on any atom is 0.0441 e. The van der Waals surface area contributed by atoms with Crippen molar-refractivity contribution in [1.29, 1.82) is 0 Å². The SMILES string of the molecule is C=C1C(C)C(C)=NN1C. The van der Waals surface area contributed by atoms with Crippen molar-refractivity contribution in [3.63, 3.8) is 0 Å². The second kappa shape index (κ2) is 1.87. The van der Waals surface area contributed by atoms with Gasteiger partial charge < -0.3 is 0 Å². The van der Waals surface area contributed by atoms with Gasteiger partial charge in [0.15, 0.2) is 0 Å². The molecule has 0 spiro atoms.